The number of carbonyl (C=O) groups is 2. The van der Waals surface area contributed by atoms with Gasteiger partial charge in [0.2, 0.25) is 0 Å². The van der Waals surface area contributed by atoms with Crippen LogP contribution in [0.5, 0.6) is 0 Å². The number of nitrogens with zero attached hydrogens (tertiary/aromatic N) is 1. The van der Waals surface area contributed by atoms with Gasteiger partial charge in [0.25, 0.3) is 0 Å². The van der Waals surface area contributed by atoms with Gasteiger partial charge in [-0.15, -0.1) is 0 Å². The van der Waals surface area contributed by atoms with Crippen molar-refractivity contribution in [2.24, 2.45) is 5.92 Å². The Morgan fingerprint density at radius 3 is 1.81 bits per heavy atom. The van der Waals surface area contributed by atoms with Crippen molar-refractivity contribution < 1.29 is 14.7 Å². The van der Waals surface area contributed by atoms with Crippen molar-refractivity contribution >= 4 is 11.6 Å². The second-order valence-electron chi connectivity index (χ2n) is 8.97. The summed E-state index contributed by atoms with van der Waals surface area (Å²) < 4.78 is 0. The zero-order chi connectivity index (χ0) is 22.6. The van der Waals surface area contributed by atoms with Gasteiger partial charge in [-0.1, -0.05) is 79.9 Å². The average molecular weight is 436 g/mol. The Balaban J connectivity index is 1.43. The van der Waals surface area contributed by atoms with Crippen LogP contribution >= 0.6 is 0 Å². The molecule has 0 atom stereocenters. The van der Waals surface area contributed by atoms with Crippen molar-refractivity contribution in [2.75, 3.05) is 19.7 Å². The van der Waals surface area contributed by atoms with Gasteiger partial charge in [0.1, 0.15) is 12.4 Å². The maximum atomic E-state index is 12.7. The Bertz CT molecular complexity index is 774. The second-order valence-corrected chi connectivity index (χ2v) is 8.97. The molecular formula is C28H37NO3. The number of rotatable bonds is 13. The molecule has 2 aromatic rings. The van der Waals surface area contributed by atoms with Gasteiger partial charge in [-0.25, -0.2) is 0 Å². The Kier molecular flexibility index (Phi) is 10.1. The largest absolute Gasteiger partial charge is 0.389 e. The minimum absolute atomic E-state index is 0.0757. The van der Waals surface area contributed by atoms with Crippen LogP contribution in [0.4, 0.5) is 0 Å². The highest BCUT2D eigenvalue weighted by Gasteiger charge is 2.29. The molecule has 1 fully saturated rings. The molecule has 1 aliphatic heterocycles. The number of piperidine rings is 1. The topological polar surface area (TPSA) is 57.6 Å². The predicted octanol–water partition coefficient (Wildman–Crippen LogP) is 5.35. The summed E-state index contributed by atoms with van der Waals surface area (Å²) >= 11 is 0. The molecule has 4 heteroatoms. The number of ketones is 2. The fourth-order valence-electron chi connectivity index (χ4n) is 4.80. The van der Waals surface area contributed by atoms with Gasteiger partial charge in [0, 0.05) is 18.8 Å². The van der Waals surface area contributed by atoms with Crippen LogP contribution in [0.1, 0.15) is 75.0 Å². The van der Waals surface area contributed by atoms with Crippen LogP contribution < -0.4 is 0 Å². The molecule has 1 N–H and O–H groups in total. The highest BCUT2D eigenvalue weighted by Crippen LogP contribution is 2.33. The predicted molar refractivity (Wildman–Crippen MR) is 128 cm³/mol. The summed E-state index contributed by atoms with van der Waals surface area (Å²) in [5.41, 5.74) is 2.62. The van der Waals surface area contributed by atoms with Crippen LogP contribution in [0, 0.1) is 5.92 Å². The number of benzene rings is 2. The van der Waals surface area contributed by atoms with E-state index in [1.165, 1.54) is 11.1 Å². The van der Waals surface area contributed by atoms with E-state index in [2.05, 4.69) is 65.6 Å². The molecule has 32 heavy (non-hydrogen) atoms. The maximum absolute atomic E-state index is 12.7. The quantitative estimate of drug-likeness (QED) is 0.431. The van der Waals surface area contributed by atoms with E-state index in [0.29, 0.717) is 18.6 Å². The number of aliphatic hydroxyl groups excluding tert-OH is 1. The minimum Gasteiger partial charge on any atom is -0.389 e. The molecule has 2 aromatic carbocycles. The van der Waals surface area contributed by atoms with E-state index in [0.717, 1.165) is 58.0 Å². The fourth-order valence-corrected chi connectivity index (χ4v) is 4.80. The fraction of sp³-hybridized carbons (Fsp3) is 0.500. The molecule has 0 aromatic heterocycles. The lowest BCUT2D eigenvalue weighted by molar-refractivity contribution is -0.124. The van der Waals surface area contributed by atoms with Crippen LogP contribution in [0.2, 0.25) is 0 Å². The molecular weight excluding hydrogens is 398 g/mol. The lowest BCUT2D eigenvalue weighted by atomic mass is 9.87. The van der Waals surface area contributed by atoms with Crippen LogP contribution in [-0.2, 0) is 9.59 Å². The molecule has 3 rings (SSSR count). The van der Waals surface area contributed by atoms with Crippen molar-refractivity contribution in [3.8, 4) is 0 Å². The van der Waals surface area contributed by atoms with E-state index in [1.807, 2.05) is 0 Å². The third-order valence-corrected chi connectivity index (χ3v) is 6.64. The first kappa shape index (κ1) is 24.3. The minimum atomic E-state index is -0.342. The summed E-state index contributed by atoms with van der Waals surface area (Å²) in [4.78, 5) is 26.4. The average Bonchev–Trinajstić information content (AvgIpc) is 2.85. The van der Waals surface area contributed by atoms with Gasteiger partial charge in [0.15, 0.2) is 5.78 Å². The van der Waals surface area contributed by atoms with E-state index in [-0.39, 0.29) is 24.3 Å². The van der Waals surface area contributed by atoms with Crippen molar-refractivity contribution in [3.63, 3.8) is 0 Å². The molecule has 0 saturated carbocycles. The number of aliphatic hydroxyl groups is 1. The SMILES string of the molecule is O=C(CO)CCCCCCCC(=O)C1CCN(C(c2ccccc2)c2ccccc2)CC1. The summed E-state index contributed by atoms with van der Waals surface area (Å²) in [6.45, 7) is 1.55. The van der Waals surface area contributed by atoms with Crippen molar-refractivity contribution in [1.82, 2.24) is 4.90 Å². The number of Topliss-reactive ketones (excluding diaryl/α,β-unsaturated/α-hetero) is 2. The van der Waals surface area contributed by atoms with E-state index in [1.54, 1.807) is 0 Å². The Morgan fingerprint density at radius 2 is 1.28 bits per heavy atom. The Labute approximate surface area is 192 Å². The van der Waals surface area contributed by atoms with Gasteiger partial charge in [0.05, 0.1) is 6.04 Å². The molecule has 0 spiro atoms. The first-order valence-corrected chi connectivity index (χ1v) is 12.2. The normalized spacial score (nSPS) is 15.2. The molecule has 1 heterocycles. The number of likely N-dealkylation sites (tertiary alicyclic amines) is 1. The summed E-state index contributed by atoms with van der Waals surface area (Å²) in [6, 6.07) is 21.6. The van der Waals surface area contributed by atoms with Crippen LogP contribution in [0.3, 0.4) is 0 Å². The van der Waals surface area contributed by atoms with Gasteiger partial charge in [-0.3, -0.25) is 14.5 Å². The highest BCUT2D eigenvalue weighted by atomic mass is 16.3. The molecule has 0 radical (unpaired) electrons. The second kappa shape index (κ2) is 13.3. The summed E-state index contributed by atoms with van der Waals surface area (Å²) in [7, 11) is 0. The third kappa shape index (κ3) is 7.39. The smallest absolute Gasteiger partial charge is 0.158 e. The van der Waals surface area contributed by atoms with Crippen LogP contribution in [-0.4, -0.2) is 41.3 Å². The van der Waals surface area contributed by atoms with Gasteiger partial charge >= 0.3 is 0 Å². The van der Waals surface area contributed by atoms with Crippen LogP contribution in [0.15, 0.2) is 60.7 Å². The summed E-state index contributed by atoms with van der Waals surface area (Å²) in [6.07, 6.45) is 7.93. The van der Waals surface area contributed by atoms with E-state index >= 15 is 0 Å². The summed E-state index contributed by atoms with van der Waals surface area (Å²) in [5.74, 6) is 0.546. The lowest BCUT2D eigenvalue weighted by Gasteiger charge is -2.37. The maximum Gasteiger partial charge on any atom is 0.158 e. The number of hydrogen-bond donors (Lipinski definition) is 1. The van der Waals surface area contributed by atoms with Gasteiger partial charge in [-0.05, 0) is 49.9 Å². The first-order chi connectivity index (χ1) is 15.7. The monoisotopic (exact) mass is 435 g/mol. The van der Waals surface area contributed by atoms with Crippen molar-refractivity contribution in [2.45, 2.75) is 63.8 Å². The number of unbranched alkanes of at least 4 members (excludes halogenated alkanes) is 4. The van der Waals surface area contributed by atoms with E-state index in [9.17, 15) is 9.59 Å². The van der Waals surface area contributed by atoms with Crippen molar-refractivity contribution in [3.05, 3.63) is 71.8 Å². The Morgan fingerprint density at radius 1 is 0.781 bits per heavy atom. The molecule has 172 valence electrons. The standard InChI is InChI=1S/C28H37NO3/c30-22-26(31)16-10-2-1-3-11-17-27(32)23-18-20-29(21-19-23)28(24-12-6-4-7-13-24)25-14-8-5-9-15-25/h4-9,12-15,23,28,30H,1-3,10-11,16-22H2. The highest BCUT2D eigenvalue weighted by molar-refractivity contribution is 5.81. The van der Waals surface area contributed by atoms with Crippen LogP contribution in [0.25, 0.3) is 0 Å². The Hall–Kier alpha value is -2.30. The molecule has 0 bridgehead atoms. The number of hydrogen-bond acceptors (Lipinski definition) is 4. The van der Waals surface area contributed by atoms with E-state index in [4.69, 9.17) is 5.11 Å². The first-order valence-electron chi connectivity index (χ1n) is 12.2. The molecule has 0 aliphatic carbocycles. The third-order valence-electron chi connectivity index (χ3n) is 6.64. The number of carbonyl (C=O) groups excluding carboxylic acids is 2. The van der Waals surface area contributed by atoms with Crippen molar-refractivity contribution in [1.29, 1.82) is 0 Å². The summed E-state index contributed by atoms with van der Waals surface area (Å²) in [5, 5.41) is 8.73. The molecule has 0 amide bonds. The lowest BCUT2D eigenvalue weighted by Crippen LogP contribution is -2.39. The van der Waals surface area contributed by atoms with Gasteiger partial charge < -0.3 is 5.11 Å². The zero-order valence-corrected chi connectivity index (χ0v) is 19.1. The van der Waals surface area contributed by atoms with E-state index < -0.39 is 0 Å². The van der Waals surface area contributed by atoms with Gasteiger partial charge in [-0.2, -0.15) is 0 Å². The molecule has 1 aliphatic rings. The molecule has 1 saturated heterocycles. The molecule has 4 nitrogen and oxygen atoms in total. The molecule has 0 unspecified atom stereocenters. The zero-order valence-electron chi connectivity index (χ0n) is 19.1.